The SMILES string of the molecule is C=CCCCn1nc(C(=O)N[C@H](C(=O)NCCOCCOCCOCCNC(=O)CCOCCOCCOCCOCCN(CCOCCOCCOCCOCCC(=O)NCCOCCOCCOCCOCCOCCOc2nc(NC34CC5CC(CC(C5)C3)C4)nc(N3CCN(CCF)CC3)n2)C(=O)CCOCCOCCOCCOCCN=[N+]=[N-])C(C)(C)C)c2ccccc21. The standard InChI is InChI=1S/C91H155FN16O26/c1-5-6-9-20-108-79-11-8-7-10-78(79)83(103-108)85(112)98-84(90(2,3)4)86(113)96-18-33-119-42-51-126-49-40-117-31-16-94-80(109)12-28-114-37-46-123-56-60-129-53-44-121-35-26-106(82(111)14-30-116-39-48-125-55-58-128-52-43-120-34-19-97-104-93)27-36-122-45-54-130-61-57-124-47-38-115-29-13-81(110)95-17-32-118-41-50-127-59-62-131-63-64-132-65-66-133-67-68-134-89-100-87(99-88(101-89)107-24-22-105(21-15-92)23-25-107)102-91-72-75-69-76(73-91)71-77(70-75)74-91/h5,7-8,10-11,75-77,84H,1,6,9,12-74H2,2-4H3,(H,94,109)(H,95,110)(H,96,113)(H,98,112)(H,99,100,101,102)/t75?,76?,77?,84-,91?/m1/s1. The second kappa shape index (κ2) is 72.8. The number of rotatable bonds is 88. The number of para-hydroxylation sites is 1. The summed E-state index contributed by atoms with van der Waals surface area (Å²) in [6, 6.07) is 7.02. The lowest BCUT2D eigenvalue weighted by Gasteiger charge is -2.56. The van der Waals surface area contributed by atoms with Crippen molar-refractivity contribution in [3.63, 3.8) is 0 Å². The van der Waals surface area contributed by atoms with Crippen LogP contribution in [0.15, 0.2) is 42.0 Å². The number of aromatic nitrogens is 5. The highest BCUT2D eigenvalue weighted by atomic mass is 19.1. The maximum absolute atomic E-state index is 13.6. The number of carbonyl (C=O) groups is 5. The average molecular weight is 1910 g/mol. The van der Waals surface area contributed by atoms with Gasteiger partial charge < -0.3 is 136 Å². The maximum atomic E-state index is 13.6. The van der Waals surface area contributed by atoms with Crippen LogP contribution in [0.3, 0.4) is 0 Å². The Morgan fingerprint density at radius 3 is 1.35 bits per heavy atom. The number of anilines is 2. The van der Waals surface area contributed by atoms with Crippen molar-refractivity contribution in [2.24, 2.45) is 28.3 Å². The highest BCUT2D eigenvalue weighted by Crippen LogP contribution is 2.56. The van der Waals surface area contributed by atoms with Crippen molar-refractivity contribution in [2.45, 2.75) is 110 Å². The van der Waals surface area contributed by atoms with Gasteiger partial charge >= 0.3 is 6.01 Å². The zero-order valence-electron chi connectivity index (χ0n) is 79.8. The van der Waals surface area contributed by atoms with Crippen LogP contribution in [0.25, 0.3) is 21.3 Å². The van der Waals surface area contributed by atoms with E-state index in [1.807, 2.05) is 55.8 Å². The van der Waals surface area contributed by atoms with Gasteiger partial charge in [-0.2, -0.15) is 20.1 Å². The fourth-order valence-corrected chi connectivity index (χ4v) is 15.7. The molecule has 2 aromatic heterocycles. The molecule has 43 heteroatoms. The zero-order valence-corrected chi connectivity index (χ0v) is 79.8. The minimum Gasteiger partial charge on any atom is -0.461 e. The summed E-state index contributed by atoms with van der Waals surface area (Å²) in [5.74, 6) is 2.34. The van der Waals surface area contributed by atoms with Crippen molar-refractivity contribution in [3.05, 3.63) is 53.1 Å². The number of ether oxygens (including phenoxy) is 21. The Labute approximate surface area is 789 Å². The van der Waals surface area contributed by atoms with Crippen LogP contribution < -0.4 is 36.2 Å². The van der Waals surface area contributed by atoms with Gasteiger partial charge in [-0.15, -0.1) is 6.58 Å². The quantitative estimate of drug-likeness (QED) is 0.0165. The second-order valence-electron chi connectivity index (χ2n) is 33.5. The number of nitrogens with zero attached hydrogens (tertiary/aromatic N) is 11. The minimum absolute atomic E-state index is 0.0313. The van der Waals surface area contributed by atoms with E-state index in [9.17, 15) is 28.4 Å². The van der Waals surface area contributed by atoms with Crippen LogP contribution >= 0.6 is 0 Å². The van der Waals surface area contributed by atoms with Crippen molar-refractivity contribution in [3.8, 4) is 6.01 Å². The Bertz CT molecular complexity index is 3620. The number of piperazine rings is 1. The van der Waals surface area contributed by atoms with Gasteiger partial charge in [0.2, 0.25) is 35.5 Å². The highest BCUT2D eigenvalue weighted by Gasteiger charge is 2.51. The van der Waals surface area contributed by atoms with E-state index >= 15 is 0 Å². The van der Waals surface area contributed by atoms with E-state index in [0.717, 1.165) is 73.9 Å². The summed E-state index contributed by atoms with van der Waals surface area (Å²) < 4.78 is 133. The number of allylic oxidation sites excluding steroid dienone is 1. The predicted molar refractivity (Wildman–Crippen MR) is 494 cm³/mol. The first-order valence-electron chi connectivity index (χ1n) is 47.9. The molecular weight excluding hydrogens is 1750 g/mol. The molecule has 5 fully saturated rings. The third-order valence-electron chi connectivity index (χ3n) is 22.0. The van der Waals surface area contributed by atoms with Gasteiger partial charge in [0.25, 0.3) is 5.91 Å². The van der Waals surface area contributed by atoms with E-state index in [-0.39, 0.29) is 126 Å². The number of fused-ring (bicyclic) bond motifs is 1. The number of hydrogen-bond donors (Lipinski definition) is 5. The lowest BCUT2D eigenvalue weighted by atomic mass is 9.53. The molecule has 0 unspecified atom stereocenters. The Morgan fingerprint density at radius 2 is 0.918 bits per heavy atom. The van der Waals surface area contributed by atoms with E-state index in [0.29, 0.717) is 289 Å². The van der Waals surface area contributed by atoms with E-state index < -0.39 is 17.4 Å². The third kappa shape index (κ3) is 51.3. The summed E-state index contributed by atoms with van der Waals surface area (Å²) in [6.45, 7) is 28.9. The smallest absolute Gasteiger partial charge is 0.323 e. The van der Waals surface area contributed by atoms with Gasteiger partial charge in [-0.3, -0.25) is 33.6 Å². The van der Waals surface area contributed by atoms with Crippen LogP contribution in [0.1, 0.15) is 102 Å². The first-order valence-corrected chi connectivity index (χ1v) is 47.9. The molecule has 5 N–H and O–H groups in total. The summed E-state index contributed by atoms with van der Waals surface area (Å²) in [5, 5.41) is 24.0. The molecule has 1 aliphatic heterocycles. The summed E-state index contributed by atoms with van der Waals surface area (Å²) in [5.41, 5.74) is 8.91. The average Bonchev–Trinajstić information content (AvgIpc) is 1.63. The third-order valence-corrected chi connectivity index (χ3v) is 22.0. The summed E-state index contributed by atoms with van der Waals surface area (Å²) in [7, 11) is 0. The van der Waals surface area contributed by atoms with Crippen molar-refractivity contribution in [1.82, 2.24) is 55.8 Å². The van der Waals surface area contributed by atoms with Gasteiger partial charge in [0.15, 0.2) is 5.69 Å². The molecule has 8 rings (SSSR count). The number of benzene rings is 1. The molecule has 42 nitrogen and oxygen atoms in total. The molecule has 5 amide bonds. The summed E-state index contributed by atoms with van der Waals surface area (Å²) in [6.07, 6.45) is 11.6. The molecule has 4 bridgehead atoms. The second-order valence-corrected chi connectivity index (χ2v) is 33.5. The molecular formula is C91H155FN16O26. The molecule has 762 valence electrons. The number of azide groups is 1. The van der Waals surface area contributed by atoms with Crippen molar-refractivity contribution >= 4 is 52.3 Å². The lowest BCUT2D eigenvalue weighted by molar-refractivity contribution is -0.134. The van der Waals surface area contributed by atoms with Crippen molar-refractivity contribution in [1.29, 1.82) is 0 Å². The number of unbranched alkanes of at least 4 members (excludes halogenated alkanes) is 1. The molecule has 3 heterocycles. The first-order chi connectivity index (χ1) is 65.6. The van der Waals surface area contributed by atoms with Crippen LogP contribution in [-0.2, 0) is 120 Å². The molecule has 5 aliphatic rings. The predicted octanol–water partition coefficient (Wildman–Crippen LogP) is 4.87. The highest BCUT2D eigenvalue weighted by molar-refractivity contribution is 6.06. The van der Waals surface area contributed by atoms with E-state index in [1.54, 1.807) is 4.90 Å². The number of amides is 5. The lowest BCUT2D eigenvalue weighted by Crippen LogP contribution is -2.55. The number of aryl methyl sites for hydroxylation is 1. The van der Waals surface area contributed by atoms with Gasteiger partial charge in [-0.05, 0) is 86.1 Å². The fraction of sp³-hybridized carbons (Fsp3) is 0.813. The molecule has 1 atom stereocenters. The topological polar surface area (TPSA) is 454 Å². The van der Waals surface area contributed by atoms with Gasteiger partial charge in [-0.1, -0.05) is 50.2 Å². The van der Waals surface area contributed by atoms with Crippen LogP contribution in [0.5, 0.6) is 6.01 Å². The van der Waals surface area contributed by atoms with E-state index in [2.05, 4.69) is 58.1 Å². The Kier molecular flexibility index (Phi) is 61.7. The maximum Gasteiger partial charge on any atom is 0.323 e. The van der Waals surface area contributed by atoms with Crippen LogP contribution in [-0.4, -0.2) is 425 Å². The Morgan fingerprint density at radius 1 is 0.515 bits per heavy atom. The number of nitrogens with one attached hydrogen (secondary N) is 5. The van der Waals surface area contributed by atoms with Gasteiger partial charge in [0.05, 0.1) is 276 Å². The monoisotopic (exact) mass is 1910 g/mol. The van der Waals surface area contributed by atoms with E-state index in [4.69, 9.17) is 120 Å². The van der Waals surface area contributed by atoms with Gasteiger partial charge in [0.1, 0.15) is 19.3 Å². The molecule has 4 saturated carbocycles. The van der Waals surface area contributed by atoms with Crippen LogP contribution in [0.4, 0.5) is 16.3 Å². The Balaban J connectivity index is 0.595. The molecule has 4 aliphatic carbocycles. The van der Waals surface area contributed by atoms with Gasteiger partial charge in [0, 0.05) is 107 Å². The van der Waals surface area contributed by atoms with Crippen LogP contribution in [0.2, 0.25) is 0 Å². The van der Waals surface area contributed by atoms with E-state index in [1.165, 1.54) is 19.3 Å². The van der Waals surface area contributed by atoms with Crippen LogP contribution in [0, 0.1) is 23.2 Å². The fourth-order valence-electron chi connectivity index (χ4n) is 15.7. The minimum atomic E-state index is -0.818. The molecule has 1 saturated heterocycles. The van der Waals surface area contributed by atoms with Crippen molar-refractivity contribution in [2.75, 3.05) is 360 Å². The number of carbonyl (C=O) groups excluding carboxylic acids is 5. The summed E-state index contributed by atoms with van der Waals surface area (Å²) >= 11 is 0. The molecule has 0 spiro atoms. The zero-order chi connectivity index (χ0) is 95.1. The Hall–Kier alpha value is -7.41. The molecule has 0 radical (unpaired) electrons. The number of alkyl halides is 1. The van der Waals surface area contributed by atoms with Gasteiger partial charge in [-0.25, -0.2) is 4.39 Å². The molecule has 3 aromatic rings. The summed E-state index contributed by atoms with van der Waals surface area (Å²) in [4.78, 5) is 87.8. The normalized spacial score (nSPS) is 16.7. The molecule has 134 heavy (non-hydrogen) atoms. The number of halogens is 1. The largest absolute Gasteiger partial charge is 0.461 e. The molecule has 1 aromatic carbocycles. The first kappa shape index (κ1) is 114. The number of hydrogen-bond acceptors (Lipinski definition) is 34. The van der Waals surface area contributed by atoms with Crippen molar-refractivity contribution < 1.29 is 128 Å².